The summed E-state index contributed by atoms with van der Waals surface area (Å²) in [6, 6.07) is 9.72. The van der Waals surface area contributed by atoms with Crippen molar-refractivity contribution in [3.8, 4) is 0 Å². The van der Waals surface area contributed by atoms with Crippen LogP contribution in [-0.2, 0) is 9.53 Å². The Labute approximate surface area is 109 Å². The number of esters is 1. The molecule has 1 aromatic carbocycles. The average molecular weight is 247 g/mol. The summed E-state index contributed by atoms with van der Waals surface area (Å²) in [5.41, 5.74) is 0.989. The van der Waals surface area contributed by atoms with Gasteiger partial charge in [0.05, 0.1) is 13.0 Å². The Balaban J connectivity index is 2.55. The highest BCUT2D eigenvalue weighted by atomic mass is 16.5. The van der Waals surface area contributed by atoms with Gasteiger partial charge in [-0.3, -0.25) is 4.79 Å². The van der Waals surface area contributed by atoms with Gasteiger partial charge in [0.1, 0.15) is 0 Å². The molecular weight excluding hydrogens is 226 g/mol. The van der Waals surface area contributed by atoms with Gasteiger partial charge in [0, 0.05) is 6.54 Å². The minimum absolute atomic E-state index is 0.195. The smallest absolute Gasteiger partial charge is 0.314 e. The predicted octanol–water partition coefficient (Wildman–Crippen LogP) is 2.50. The Bertz CT molecular complexity index is 373. The molecule has 0 radical (unpaired) electrons. The van der Waals surface area contributed by atoms with Gasteiger partial charge in [0.15, 0.2) is 0 Å². The van der Waals surface area contributed by atoms with Gasteiger partial charge in [0.25, 0.3) is 0 Å². The molecule has 0 aliphatic rings. The molecule has 0 spiro atoms. The molecule has 1 N–H and O–H groups in total. The lowest BCUT2D eigenvalue weighted by atomic mass is 9.99. The SMILES string of the molecule is C/C=C/CCNCC(C(=O)OC)c1ccccc1. The van der Waals surface area contributed by atoms with E-state index >= 15 is 0 Å². The largest absolute Gasteiger partial charge is 0.469 e. The molecule has 1 atom stereocenters. The highest BCUT2D eigenvalue weighted by Crippen LogP contribution is 2.16. The molecule has 0 heterocycles. The van der Waals surface area contributed by atoms with Gasteiger partial charge in [0.2, 0.25) is 0 Å². The molecule has 0 amide bonds. The molecule has 3 nitrogen and oxygen atoms in total. The van der Waals surface area contributed by atoms with E-state index in [4.69, 9.17) is 4.74 Å². The lowest BCUT2D eigenvalue weighted by Gasteiger charge is -2.15. The quantitative estimate of drug-likeness (QED) is 0.457. The van der Waals surface area contributed by atoms with Gasteiger partial charge in [-0.15, -0.1) is 0 Å². The van der Waals surface area contributed by atoms with Crippen molar-refractivity contribution in [2.24, 2.45) is 0 Å². The minimum atomic E-state index is -0.234. The van der Waals surface area contributed by atoms with Gasteiger partial charge < -0.3 is 10.1 Å². The maximum Gasteiger partial charge on any atom is 0.314 e. The van der Waals surface area contributed by atoms with Crippen LogP contribution in [0.4, 0.5) is 0 Å². The summed E-state index contributed by atoms with van der Waals surface area (Å²) in [5, 5.41) is 3.28. The lowest BCUT2D eigenvalue weighted by molar-refractivity contribution is -0.142. The van der Waals surface area contributed by atoms with Gasteiger partial charge in [-0.25, -0.2) is 0 Å². The number of ether oxygens (including phenoxy) is 1. The van der Waals surface area contributed by atoms with Gasteiger partial charge in [-0.2, -0.15) is 0 Å². The van der Waals surface area contributed by atoms with Crippen LogP contribution in [0, 0.1) is 0 Å². The number of carbonyl (C=O) groups excluding carboxylic acids is 1. The summed E-state index contributed by atoms with van der Waals surface area (Å²) in [5.74, 6) is -0.429. The third-order valence-corrected chi connectivity index (χ3v) is 2.76. The van der Waals surface area contributed by atoms with Crippen molar-refractivity contribution in [3.05, 3.63) is 48.0 Å². The van der Waals surface area contributed by atoms with Gasteiger partial charge in [-0.05, 0) is 25.5 Å². The van der Waals surface area contributed by atoms with Crippen molar-refractivity contribution in [2.75, 3.05) is 20.2 Å². The summed E-state index contributed by atoms with van der Waals surface area (Å²) in [6.45, 7) is 3.47. The first kappa shape index (κ1) is 14.5. The van der Waals surface area contributed by atoms with Crippen LogP contribution < -0.4 is 5.32 Å². The monoisotopic (exact) mass is 247 g/mol. The molecule has 98 valence electrons. The first-order chi connectivity index (χ1) is 8.79. The zero-order chi connectivity index (χ0) is 13.2. The maximum absolute atomic E-state index is 11.8. The topological polar surface area (TPSA) is 38.3 Å². The van der Waals surface area contributed by atoms with E-state index in [2.05, 4.69) is 11.4 Å². The van der Waals surface area contributed by atoms with E-state index in [9.17, 15) is 4.79 Å². The number of allylic oxidation sites excluding steroid dienone is 1. The highest BCUT2D eigenvalue weighted by molar-refractivity contribution is 5.78. The van der Waals surface area contributed by atoms with E-state index in [1.54, 1.807) is 0 Å². The van der Waals surface area contributed by atoms with Crippen LogP contribution in [0.1, 0.15) is 24.8 Å². The molecular formula is C15H21NO2. The van der Waals surface area contributed by atoms with Crippen LogP contribution in [0.2, 0.25) is 0 Å². The van der Waals surface area contributed by atoms with E-state index in [-0.39, 0.29) is 11.9 Å². The van der Waals surface area contributed by atoms with Crippen LogP contribution >= 0.6 is 0 Å². The second-order valence-electron chi connectivity index (χ2n) is 4.05. The third-order valence-electron chi connectivity index (χ3n) is 2.76. The van der Waals surface area contributed by atoms with E-state index in [1.165, 1.54) is 7.11 Å². The normalized spacial score (nSPS) is 12.6. The summed E-state index contributed by atoms with van der Waals surface area (Å²) >= 11 is 0. The Morgan fingerprint density at radius 2 is 2.11 bits per heavy atom. The summed E-state index contributed by atoms with van der Waals surface area (Å²) in [7, 11) is 1.43. The maximum atomic E-state index is 11.8. The lowest BCUT2D eigenvalue weighted by Crippen LogP contribution is -2.28. The van der Waals surface area contributed by atoms with E-state index < -0.39 is 0 Å². The van der Waals surface area contributed by atoms with E-state index in [0.29, 0.717) is 6.54 Å². The molecule has 1 unspecified atom stereocenters. The summed E-state index contributed by atoms with van der Waals surface area (Å²) in [6.07, 6.45) is 5.10. The number of methoxy groups -OCH3 is 1. The van der Waals surface area contributed by atoms with Crippen molar-refractivity contribution >= 4 is 5.97 Å². The molecule has 0 fully saturated rings. The van der Waals surface area contributed by atoms with Crippen molar-refractivity contribution < 1.29 is 9.53 Å². The standard InChI is InChI=1S/C15H21NO2/c1-3-4-8-11-16-12-14(15(17)18-2)13-9-6-5-7-10-13/h3-7,9-10,14,16H,8,11-12H2,1-2H3/b4-3+. The third kappa shape index (κ3) is 4.72. The van der Waals surface area contributed by atoms with Crippen molar-refractivity contribution in [2.45, 2.75) is 19.3 Å². The number of rotatable bonds is 7. The number of benzene rings is 1. The molecule has 1 aromatic rings. The second-order valence-corrected chi connectivity index (χ2v) is 4.05. The molecule has 3 heteroatoms. The Hall–Kier alpha value is -1.61. The highest BCUT2D eigenvalue weighted by Gasteiger charge is 2.20. The van der Waals surface area contributed by atoms with Crippen LogP contribution in [0.15, 0.2) is 42.5 Å². The predicted molar refractivity (Wildman–Crippen MR) is 73.5 cm³/mol. The molecule has 0 aliphatic carbocycles. The van der Waals surface area contributed by atoms with E-state index in [0.717, 1.165) is 18.5 Å². The Kier molecular flexibility index (Phi) is 6.81. The molecule has 0 saturated heterocycles. The molecule has 0 saturated carbocycles. The Morgan fingerprint density at radius 1 is 1.39 bits per heavy atom. The van der Waals surface area contributed by atoms with Crippen molar-refractivity contribution in [1.82, 2.24) is 5.32 Å². The first-order valence-electron chi connectivity index (χ1n) is 6.24. The fourth-order valence-corrected chi connectivity index (χ4v) is 1.76. The van der Waals surface area contributed by atoms with Crippen molar-refractivity contribution in [1.29, 1.82) is 0 Å². The van der Waals surface area contributed by atoms with E-state index in [1.807, 2.05) is 43.3 Å². The molecule has 0 bridgehead atoms. The molecule has 0 aromatic heterocycles. The summed E-state index contributed by atoms with van der Waals surface area (Å²) in [4.78, 5) is 11.8. The van der Waals surface area contributed by atoms with Crippen molar-refractivity contribution in [3.63, 3.8) is 0 Å². The zero-order valence-electron chi connectivity index (χ0n) is 11.1. The number of carbonyl (C=O) groups is 1. The minimum Gasteiger partial charge on any atom is -0.469 e. The van der Waals surface area contributed by atoms with Crippen LogP contribution in [0.25, 0.3) is 0 Å². The zero-order valence-corrected chi connectivity index (χ0v) is 11.1. The second kappa shape index (κ2) is 8.48. The first-order valence-corrected chi connectivity index (χ1v) is 6.24. The fourth-order valence-electron chi connectivity index (χ4n) is 1.76. The number of nitrogens with one attached hydrogen (secondary N) is 1. The number of hydrogen-bond donors (Lipinski definition) is 1. The van der Waals surface area contributed by atoms with Crippen LogP contribution in [-0.4, -0.2) is 26.2 Å². The molecule has 0 aliphatic heterocycles. The van der Waals surface area contributed by atoms with Crippen LogP contribution in [0.5, 0.6) is 0 Å². The summed E-state index contributed by atoms with van der Waals surface area (Å²) < 4.78 is 4.85. The molecule has 18 heavy (non-hydrogen) atoms. The van der Waals surface area contributed by atoms with Crippen LogP contribution in [0.3, 0.4) is 0 Å². The molecule has 1 rings (SSSR count). The fraction of sp³-hybridized carbons (Fsp3) is 0.400. The van der Waals surface area contributed by atoms with Gasteiger partial charge >= 0.3 is 5.97 Å². The van der Waals surface area contributed by atoms with Gasteiger partial charge in [-0.1, -0.05) is 42.5 Å². The number of hydrogen-bond acceptors (Lipinski definition) is 3. The average Bonchev–Trinajstić information content (AvgIpc) is 2.43. The Morgan fingerprint density at radius 3 is 2.72 bits per heavy atom.